The number of hydrogen-bond acceptors (Lipinski definition) is 3. The molecule has 7 atom stereocenters. The zero-order valence-corrected chi connectivity index (χ0v) is 20.9. The maximum Gasteiger partial charge on any atom is 0.0832 e. The molecule has 3 nitrogen and oxygen atoms in total. The second kappa shape index (κ2) is 8.43. The third-order valence-electron chi connectivity index (χ3n) is 9.87. The molecule has 3 saturated carbocycles. The predicted octanol–water partition coefficient (Wildman–Crippen LogP) is 7.23. The molecular weight excluding hydrogens is 462 g/mol. The van der Waals surface area contributed by atoms with Crippen LogP contribution in [0.5, 0.6) is 0 Å². The predicted molar refractivity (Wildman–Crippen MR) is 134 cm³/mol. The van der Waals surface area contributed by atoms with E-state index in [1.165, 1.54) is 24.8 Å². The third-order valence-corrected chi connectivity index (χ3v) is 10.4. The summed E-state index contributed by atoms with van der Waals surface area (Å²) in [5, 5.41) is 24.0. The van der Waals surface area contributed by atoms with Gasteiger partial charge in [0.2, 0.25) is 0 Å². The molecule has 4 aliphatic rings. The molecule has 5 rings (SSSR count). The molecule has 4 aliphatic carbocycles. The van der Waals surface area contributed by atoms with Gasteiger partial charge in [0.15, 0.2) is 0 Å². The zero-order chi connectivity index (χ0) is 22.5. The van der Waals surface area contributed by atoms with Crippen LogP contribution in [-0.2, 0) is 0 Å². The average molecular weight is 499 g/mol. The molecule has 0 radical (unpaired) electrons. The Bertz CT molecular complexity index is 951. The van der Waals surface area contributed by atoms with E-state index < -0.39 is 0 Å². The Balaban J connectivity index is 1.38. The van der Waals surface area contributed by atoms with E-state index in [1.54, 1.807) is 0 Å². The van der Waals surface area contributed by atoms with Gasteiger partial charge in [0.1, 0.15) is 0 Å². The van der Waals surface area contributed by atoms with E-state index in [-0.39, 0.29) is 16.9 Å². The quantitative estimate of drug-likeness (QED) is 0.200. The lowest BCUT2D eigenvalue weighted by atomic mass is 9.47. The minimum atomic E-state index is -0.142. The molecule has 0 aliphatic heterocycles. The highest BCUT2D eigenvalue weighted by atomic mass is 79.9. The van der Waals surface area contributed by atoms with E-state index in [9.17, 15) is 10.3 Å². The van der Waals surface area contributed by atoms with Gasteiger partial charge in [-0.05, 0) is 104 Å². The summed E-state index contributed by atoms with van der Waals surface area (Å²) in [6, 6.07) is 8.24. The molecular formula is C28H36BrNO2. The van der Waals surface area contributed by atoms with Crippen molar-refractivity contribution in [2.45, 2.75) is 71.3 Å². The molecule has 1 aromatic rings. The standard InChI is InChI=1S/C28H36BrNO2/c1-27-15-13-21(31)17-19(27)6-9-22-23-10-11-25(28(23,2)16-14-24(22)27)26(30-32)12-5-18-3-7-20(29)8-4-18/h3-8,12,21-25,31-32H,9-11,13-17H2,1-2H3/b12-5+,30-26+/t21?,22?,23?,24?,25?,27-,28-/m0/s1. The highest BCUT2D eigenvalue weighted by Crippen LogP contribution is 2.66. The van der Waals surface area contributed by atoms with E-state index in [0.29, 0.717) is 11.8 Å². The molecule has 172 valence electrons. The summed E-state index contributed by atoms with van der Waals surface area (Å²) in [5.74, 6) is 2.46. The fourth-order valence-electron chi connectivity index (χ4n) is 8.10. The number of allylic oxidation sites excluding steroid dienone is 2. The number of aliphatic hydroxyl groups is 1. The van der Waals surface area contributed by atoms with Gasteiger partial charge >= 0.3 is 0 Å². The molecule has 0 heterocycles. The summed E-state index contributed by atoms with van der Waals surface area (Å²) in [6.07, 6.45) is 15.4. The Morgan fingerprint density at radius 3 is 2.59 bits per heavy atom. The number of hydrogen-bond donors (Lipinski definition) is 2. The van der Waals surface area contributed by atoms with Gasteiger partial charge in [-0.3, -0.25) is 0 Å². The van der Waals surface area contributed by atoms with Gasteiger partial charge in [-0.15, -0.1) is 0 Å². The number of aliphatic hydroxyl groups excluding tert-OH is 1. The molecule has 3 fully saturated rings. The van der Waals surface area contributed by atoms with E-state index >= 15 is 0 Å². The van der Waals surface area contributed by atoms with Crippen LogP contribution in [0.2, 0.25) is 0 Å². The molecule has 32 heavy (non-hydrogen) atoms. The SMILES string of the molecule is C[C@]12CCC3C(CC=C4CC(O)CC[C@@]43C)C1CCC2C(/C=C/c1ccc(Br)cc1)=N/O. The van der Waals surface area contributed by atoms with E-state index in [0.717, 1.165) is 59.7 Å². The Morgan fingerprint density at radius 1 is 1.06 bits per heavy atom. The fourth-order valence-corrected chi connectivity index (χ4v) is 8.37. The van der Waals surface area contributed by atoms with E-state index in [4.69, 9.17) is 0 Å². The second-order valence-electron chi connectivity index (χ2n) is 11.2. The van der Waals surface area contributed by atoms with Gasteiger partial charge in [0.05, 0.1) is 11.8 Å². The van der Waals surface area contributed by atoms with Crippen molar-refractivity contribution in [1.29, 1.82) is 0 Å². The van der Waals surface area contributed by atoms with Gasteiger partial charge in [-0.1, -0.05) is 64.8 Å². The van der Waals surface area contributed by atoms with Crippen molar-refractivity contribution >= 4 is 27.7 Å². The van der Waals surface area contributed by atoms with Crippen LogP contribution in [0.1, 0.15) is 70.8 Å². The summed E-state index contributed by atoms with van der Waals surface area (Å²) in [6.45, 7) is 4.95. The van der Waals surface area contributed by atoms with Crippen molar-refractivity contribution in [2.24, 2.45) is 39.7 Å². The van der Waals surface area contributed by atoms with Crippen LogP contribution in [0.4, 0.5) is 0 Å². The maximum atomic E-state index is 10.2. The molecule has 5 unspecified atom stereocenters. The lowest BCUT2D eigenvalue weighted by Gasteiger charge is -2.58. The second-order valence-corrected chi connectivity index (χ2v) is 12.2. The van der Waals surface area contributed by atoms with Gasteiger partial charge in [0, 0.05) is 10.4 Å². The number of oxime groups is 1. The smallest absolute Gasteiger partial charge is 0.0832 e. The van der Waals surface area contributed by atoms with Crippen molar-refractivity contribution in [2.75, 3.05) is 0 Å². The molecule has 0 bridgehead atoms. The molecule has 0 saturated heterocycles. The third kappa shape index (κ3) is 3.62. The van der Waals surface area contributed by atoms with Crippen LogP contribution in [0.25, 0.3) is 6.08 Å². The van der Waals surface area contributed by atoms with Crippen LogP contribution in [0.15, 0.2) is 51.6 Å². The van der Waals surface area contributed by atoms with Crippen molar-refractivity contribution < 1.29 is 10.3 Å². The van der Waals surface area contributed by atoms with Crippen molar-refractivity contribution in [1.82, 2.24) is 0 Å². The first-order chi connectivity index (χ1) is 15.3. The number of nitrogens with zero attached hydrogens (tertiary/aromatic N) is 1. The van der Waals surface area contributed by atoms with Crippen molar-refractivity contribution in [3.8, 4) is 0 Å². The van der Waals surface area contributed by atoms with Crippen LogP contribution >= 0.6 is 15.9 Å². The Labute approximate surface area is 200 Å². The van der Waals surface area contributed by atoms with Crippen LogP contribution in [0, 0.1) is 34.5 Å². The maximum absolute atomic E-state index is 10.2. The normalized spacial score (nSPS) is 41.7. The lowest BCUT2D eigenvalue weighted by Crippen LogP contribution is -2.51. The highest BCUT2D eigenvalue weighted by Gasteiger charge is 2.59. The summed E-state index contributed by atoms with van der Waals surface area (Å²) >= 11 is 3.49. The van der Waals surface area contributed by atoms with Crippen molar-refractivity contribution in [3.05, 3.63) is 52.0 Å². The van der Waals surface area contributed by atoms with Gasteiger partial charge in [0.25, 0.3) is 0 Å². The molecule has 0 amide bonds. The summed E-state index contributed by atoms with van der Waals surface area (Å²) in [7, 11) is 0. The zero-order valence-electron chi connectivity index (χ0n) is 19.3. The number of benzene rings is 1. The molecule has 1 aromatic carbocycles. The first-order valence-electron chi connectivity index (χ1n) is 12.4. The number of rotatable bonds is 3. The molecule has 4 heteroatoms. The first kappa shape index (κ1) is 22.4. The fraction of sp³-hybridized carbons (Fsp3) is 0.607. The highest BCUT2D eigenvalue weighted by molar-refractivity contribution is 9.10. The van der Waals surface area contributed by atoms with Crippen molar-refractivity contribution in [3.63, 3.8) is 0 Å². The van der Waals surface area contributed by atoms with Crippen LogP contribution < -0.4 is 0 Å². The topological polar surface area (TPSA) is 52.8 Å². The summed E-state index contributed by atoms with van der Waals surface area (Å²) in [5.41, 5.74) is 3.97. The first-order valence-corrected chi connectivity index (χ1v) is 13.2. The summed E-state index contributed by atoms with van der Waals surface area (Å²) in [4.78, 5) is 0. The minimum Gasteiger partial charge on any atom is -0.411 e. The van der Waals surface area contributed by atoms with Gasteiger partial charge < -0.3 is 10.3 Å². The minimum absolute atomic E-state index is 0.142. The average Bonchev–Trinajstić information content (AvgIpc) is 3.13. The van der Waals surface area contributed by atoms with Gasteiger partial charge in [-0.2, -0.15) is 0 Å². The van der Waals surface area contributed by atoms with E-state index in [1.807, 2.05) is 18.2 Å². The number of fused-ring (bicyclic) bond motifs is 5. The molecule has 0 aromatic heterocycles. The van der Waals surface area contributed by atoms with Gasteiger partial charge in [-0.25, -0.2) is 0 Å². The van der Waals surface area contributed by atoms with E-state index in [2.05, 4.69) is 59.2 Å². The molecule has 2 N–H and O–H groups in total. The monoisotopic (exact) mass is 497 g/mol. The number of halogens is 1. The Kier molecular flexibility index (Phi) is 5.90. The Morgan fingerprint density at radius 2 is 1.84 bits per heavy atom. The lowest BCUT2D eigenvalue weighted by molar-refractivity contribution is -0.0424. The Hall–Kier alpha value is -1.39. The summed E-state index contributed by atoms with van der Waals surface area (Å²) < 4.78 is 1.07. The van der Waals surface area contributed by atoms with Crippen LogP contribution in [-0.4, -0.2) is 22.1 Å². The largest absolute Gasteiger partial charge is 0.411 e. The molecule has 0 spiro atoms. The van der Waals surface area contributed by atoms with Crippen LogP contribution in [0.3, 0.4) is 0 Å².